The third-order valence-electron chi connectivity index (χ3n) is 1.41. The summed E-state index contributed by atoms with van der Waals surface area (Å²) in [6, 6.07) is 6.96. The molecule has 1 aromatic carbocycles. The number of carbonyl (C=O) groups is 1. The van der Waals surface area contributed by atoms with Gasteiger partial charge in [-0.05, 0) is 24.3 Å². The first kappa shape index (κ1) is 11.4. The Bertz CT molecular complexity index is 353. The van der Waals surface area contributed by atoms with Gasteiger partial charge in [-0.3, -0.25) is 4.79 Å². The van der Waals surface area contributed by atoms with E-state index in [9.17, 15) is 9.00 Å². The van der Waals surface area contributed by atoms with Crippen LogP contribution in [0.1, 0.15) is 0 Å². The van der Waals surface area contributed by atoms with Crippen LogP contribution in [0.3, 0.4) is 0 Å². The van der Waals surface area contributed by atoms with E-state index < -0.39 is 16.9 Å². The van der Waals surface area contributed by atoms with E-state index in [0.717, 1.165) is 4.47 Å². The number of hydrogen-bond donors (Lipinski definition) is 2. The molecule has 76 valence electrons. The van der Waals surface area contributed by atoms with Crippen LogP contribution in [-0.2, 0) is 15.8 Å². The van der Waals surface area contributed by atoms with E-state index in [-0.39, 0.29) is 6.54 Å². The Morgan fingerprint density at radius 3 is 2.50 bits per heavy atom. The van der Waals surface area contributed by atoms with Gasteiger partial charge in [-0.25, -0.2) is 8.93 Å². The van der Waals surface area contributed by atoms with Gasteiger partial charge in [-0.15, -0.1) is 0 Å². The van der Waals surface area contributed by atoms with Gasteiger partial charge in [0.2, 0.25) is 5.91 Å². The predicted molar refractivity (Wildman–Crippen MR) is 57.7 cm³/mol. The molecule has 0 saturated carbocycles. The number of benzene rings is 1. The molecule has 0 saturated heterocycles. The van der Waals surface area contributed by atoms with Crippen molar-refractivity contribution in [1.82, 2.24) is 4.72 Å². The second kappa shape index (κ2) is 5.23. The highest BCUT2D eigenvalue weighted by molar-refractivity contribution is 9.10. The standard InChI is InChI=1S/C8H9BrN2O2S/c9-6-1-3-7(4-2-6)14(13)11-5-8(10)12/h1-4,11H,5H2,(H2,10,12). The van der Waals surface area contributed by atoms with Crippen molar-refractivity contribution in [2.24, 2.45) is 5.73 Å². The maximum Gasteiger partial charge on any atom is 0.232 e. The Hall–Kier alpha value is -0.720. The lowest BCUT2D eigenvalue weighted by Crippen LogP contribution is -2.29. The molecule has 4 nitrogen and oxygen atoms in total. The molecule has 1 atom stereocenters. The molecule has 6 heteroatoms. The third-order valence-corrected chi connectivity index (χ3v) is 3.04. The van der Waals surface area contributed by atoms with Gasteiger partial charge in [0.05, 0.1) is 11.4 Å². The minimum Gasteiger partial charge on any atom is -0.369 e. The average molecular weight is 277 g/mol. The molecule has 1 unspecified atom stereocenters. The molecule has 1 rings (SSSR count). The number of carbonyl (C=O) groups excluding carboxylic acids is 1. The zero-order valence-electron chi connectivity index (χ0n) is 7.20. The predicted octanol–water partition coefficient (Wildman–Crippen LogP) is 0.547. The van der Waals surface area contributed by atoms with Crippen LogP contribution in [0.2, 0.25) is 0 Å². The Morgan fingerprint density at radius 1 is 1.43 bits per heavy atom. The highest BCUT2D eigenvalue weighted by Gasteiger charge is 2.03. The average Bonchev–Trinajstić information content (AvgIpc) is 2.15. The summed E-state index contributed by atoms with van der Waals surface area (Å²) in [5, 5.41) is 0. The fourth-order valence-corrected chi connectivity index (χ4v) is 1.87. The van der Waals surface area contributed by atoms with Crippen LogP contribution in [0, 0.1) is 0 Å². The Morgan fingerprint density at radius 2 is 2.00 bits per heavy atom. The van der Waals surface area contributed by atoms with Gasteiger partial charge < -0.3 is 5.73 Å². The lowest BCUT2D eigenvalue weighted by Gasteiger charge is -2.01. The maximum atomic E-state index is 11.4. The first-order valence-corrected chi connectivity index (χ1v) is 5.73. The van der Waals surface area contributed by atoms with E-state index in [2.05, 4.69) is 20.7 Å². The molecule has 0 aromatic heterocycles. The maximum absolute atomic E-state index is 11.4. The molecule has 0 bridgehead atoms. The molecule has 0 fully saturated rings. The summed E-state index contributed by atoms with van der Waals surface area (Å²) in [6.45, 7) is -0.0946. The molecule has 0 spiro atoms. The molecular weight excluding hydrogens is 268 g/mol. The number of halogens is 1. The zero-order valence-corrected chi connectivity index (χ0v) is 9.60. The summed E-state index contributed by atoms with van der Waals surface area (Å²) >= 11 is 3.26. The summed E-state index contributed by atoms with van der Waals surface area (Å²) in [5.74, 6) is -0.532. The van der Waals surface area contributed by atoms with Gasteiger partial charge >= 0.3 is 0 Å². The van der Waals surface area contributed by atoms with Crippen LogP contribution in [0.25, 0.3) is 0 Å². The molecule has 0 aliphatic carbocycles. The van der Waals surface area contributed by atoms with E-state index in [1.54, 1.807) is 24.3 Å². The van der Waals surface area contributed by atoms with Crippen molar-refractivity contribution in [3.8, 4) is 0 Å². The highest BCUT2D eigenvalue weighted by atomic mass is 79.9. The second-order valence-electron chi connectivity index (χ2n) is 2.51. The van der Waals surface area contributed by atoms with E-state index in [4.69, 9.17) is 5.73 Å². The van der Waals surface area contributed by atoms with Gasteiger partial charge in [0, 0.05) is 4.47 Å². The zero-order chi connectivity index (χ0) is 10.6. The number of amides is 1. The lowest BCUT2D eigenvalue weighted by atomic mass is 10.4. The first-order valence-electron chi connectivity index (χ1n) is 3.79. The molecule has 0 radical (unpaired) electrons. The Labute approximate surface area is 92.6 Å². The normalized spacial score (nSPS) is 12.4. The molecule has 1 aromatic rings. The van der Waals surface area contributed by atoms with E-state index in [1.807, 2.05) is 0 Å². The molecule has 0 heterocycles. The van der Waals surface area contributed by atoms with Crippen LogP contribution in [0.15, 0.2) is 33.6 Å². The number of primary amides is 1. The second-order valence-corrected chi connectivity index (χ2v) is 4.72. The number of nitrogens with one attached hydrogen (secondary N) is 1. The van der Waals surface area contributed by atoms with Crippen LogP contribution in [0.4, 0.5) is 0 Å². The van der Waals surface area contributed by atoms with E-state index >= 15 is 0 Å². The van der Waals surface area contributed by atoms with E-state index in [1.165, 1.54) is 0 Å². The van der Waals surface area contributed by atoms with Crippen molar-refractivity contribution in [2.45, 2.75) is 4.90 Å². The van der Waals surface area contributed by atoms with Crippen LogP contribution in [0.5, 0.6) is 0 Å². The van der Waals surface area contributed by atoms with Crippen molar-refractivity contribution >= 4 is 32.8 Å². The van der Waals surface area contributed by atoms with Gasteiger partial charge in [-0.2, -0.15) is 0 Å². The highest BCUT2D eigenvalue weighted by Crippen LogP contribution is 2.12. The Balaban J connectivity index is 2.61. The summed E-state index contributed by atoms with van der Waals surface area (Å²) < 4.78 is 14.8. The van der Waals surface area contributed by atoms with Crippen molar-refractivity contribution in [3.63, 3.8) is 0 Å². The lowest BCUT2D eigenvalue weighted by molar-refractivity contribution is -0.116. The van der Waals surface area contributed by atoms with Crippen molar-refractivity contribution in [2.75, 3.05) is 6.54 Å². The van der Waals surface area contributed by atoms with Crippen LogP contribution >= 0.6 is 15.9 Å². The third kappa shape index (κ3) is 3.57. The van der Waals surface area contributed by atoms with Gasteiger partial charge in [0.25, 0.3) is 0 Å². The minimum atomic E-state index is -1.38. The van der Waals surface area contributed by atoms with Crippen molar-refractivity contribution in [1.29, 1.82) is 0 Å². The van der Waals surface area contributed by atoms with E-state index in [0.29, 0.717) is 4.90 Å². The summed E-state index contributed by atoms with van der Waals surface area (Å²) in [7, 11) is -1.38. The van der Waals surface area contributed by atoms with Gasteiger partial charge in [-0.1, -0.05) is 15.9 Å². The molecule has 0 aliphatic heterocycles. The largest absolute Gasteiger partial charge is 0.369 e. The molecular formula is C8H9BrN2O2S. The molecule has 3 N–H and O–H groups in total. The monoisotopic (exact) mass is 276 g/mol. The van der Waals surface area contributed by atoms with Gasteiger partial charge in [0.1, 0.15) is 11.0 Å². The minimum absolute atomic E-state index is 0.0946. The van der Waals surface area contributed by atoms with Crippen molar-refractivity contribution < 1.29 is 9.00 Å². The van der Waals surface area contributed by atoms with Crippen molar-refractivity contribution in [3.05, 3.63) is 28.7 Å². The van der Waals surface area contributed by atoms with Crippen LogP contribution < -0.4 is 10.5 Å². The Kier molecular flexibility index (Phi) is 4.24. The smallest absolute Gasteiger partial charge is 0.232 e. The summed E-state index contributed by atoms with van der Waals surface area (Å²) in [4.78, 5) is 11.0. The number of rotatable bonds is 4. The topological polar surface area (TPSA) is 72.2 Å². The number of hydrogen-bond acceptors (Lipinski definition) is 2. The summed E-state index contributed by atoms with van der Waals surface area (Å²) in [6.07, 6.45) is 0. The molecule has 1 amide bonds. The quantitative estimate of drug-likeness (QED) is 0.843. The number of nitrogens with two attached hydrogens (primary N) is 1. The fourth-order valence-electron chi connectivity index (χ4n) is 0.778. The first-order chi connectivity index (χ1) is 6.59. The summed E-state index contributed by atoms with van der Waals surface area (Å²) in [5.41, 5.74) is 4.90. The molecule has 0 aliphatic rings. The van der Waals surface area contributed by atoms with Crippen LogP contribution in [-0.4, -0.2) is 16.7 Å². The van der Waals surface area contributed by atoms with Gasteiger partial charge in [0.15, 0.2) is 0 Å². The molecule has 14 heavy (non-hydrogen) atoms. The SMILES string of the molecule is NC(=O)CNS(=O)c1ccc(Br)cc1. The fraction of sp³-hybridized carbons (Fsp3) is 0.125.